The fraction of sp³-hybridized carbons (Fsp3) is 0.583. The van der Waals surface area contributed by atoms with Crippen LogP contribution in [0.15, 0.2) is 12.4 Å². The fourth-order valence-corrected chi connectivity index (χ4v) is 2.13. The minimum atomic E-state index is -0.992. The van der Waals surface area contributed by atoms with Crippen molar-refractivity contribution in [1.29, 1.82) is 0 Å². The molecule has 0 fully saturated rings. The summed E-state index contributed by atoms with van der Waals surface area (Å²) in [7, 11) is 0. The van der Waals surface area contributed by atoms with E-state index in [1.54, 1.807) is 11.1 Å². The zero-order valence-electron chi connectivity index (χ0n) is 10.9. The van der Waals surface area contributed by atoms with Crippen LogP contribution in [-0.4, -0.2) is 44.1 Å². The van der Waals surface area contributed by atoms with Crippen molar-refractivity contribution in [2.75, 3.05) is 6.54 Å². The van der Waals surface area contributed by atoms with E-state index >= 15 is 0 Å². The maximum absolute atomic E-state index is 12.0. The predicted molar refractivity (Wildman–Crippen MR) is 67.5 cm³/mol. The molecular formula is C12H18N4O3. The normalized spacial score (nSPS) is 15.7. The highest BCUT2D eigenvalue weighted by Gasteiger charge is 2.25. The molecule has 1 aromatic rings. The van der Waals surface area contributed by atoms with E-state index < -0.39 is 12.0 Å². The van der Waals surface area contributed by atoms with Crippen LogP contribution in [0, 0.1) is 0 Å². The van der Waals surface area contributed by atoms with E-state index in [0.29, 0.717) is 32.5 Å². The molecule has 7 nitrogen and oxygen atoms in total. The summed E-state index contributed by atoms with van der Waals surface area (Å²) in [6.07, 6.45) is 4.72. The number of aromatic nitrogens is 2. The number of carbonyl (C=O) groups is 2. The van der Waals surface area contributed by atoms with Crippen LogP contribution in [0.1, 0.15) is 25.6 Å². The van der Waals surface area contributed by atoms with E-state index in [4.69, 9.17) is 5.11 Å². The van der Waals surface area contributed by atoms with Gasteiger partial charge in [0.1, 0.15) is 11.9 Å². The van der Waals surface area contributed by atoms with Crippen LogP contribution < -0.4 is 5.32 Å². The zero-order valence-corrected chi connectivity index (χ0v) is 10.9. The molecule has 2 rings (SSSR count). The molecule has 2 heterocycles. The van der Waals surface area contributed by atoms with Gasteiger partial charge in [0, 0.05) is 25.5 Å². The lowest BCUT2D eigenvalue weighted by atomic mass is 10.2. The average Bonchev–Trinajstić information content (AvgIpc) is 2.85. The van der Waals surface area contributed by atoms with Gasteiger partial charge in [-0.3, -0.25) is 0 Å². The second kappa shape index (κ2) is 5.73. The molecule has 7 heteroatoms. The van der Waals surface area contributed by atoms with Crippen LogP contribution in [-0.2, 0) is 17.9 Å². The van der Waals surface area contributed by atoms with Crippen LogP contribution in [0.3, 0.4) is 0 Å². The van der Waals surface area contributed by atoms with Crippen LogP contribution in [0.5, 0.6) is 0 Å². The molecule has 0 radical (unpaired) electrons. The van der Waals surface area contributed by atoms with E-state index in [1.807, 2.05) is 17.7 Å². The highest BCUT2D eigenvalue weighted by molar-refractivity contribution is 5.82. The van der Waals surface area contributed by atoms with Gasteiger partial charge >= 0.3 is 12.0 Å². The van der Waals surface area contributed by atoms with Crippen LogP contribution in [0.2, 0.25) is 0 Å². The lowest BCUT2D eigenvalue weighted by Crippen LogP contribution is -2.49. The Kier molecular flexibility index (Phi) is 4.03. The largest absolute Gasteiger partial charge is 0.480 e. The molecule has 1 atom stereocenters. The highest BCUT2D eigenvalue weighted by atomic mass is 16.4. The Labute approximate surface area is 111 Å². The topological polar surface area (TPSA) is 87.5 Å². The molecule has 1 aromatic heterocycles. The Hall–Kier alpha value is -2.05. The Morgan fingerprint density at radius 3 is 3.00 bits per heavy atom. The third kappa shape index (κ3) is 3.04. The number of urea groups is 1. The van der Waals surface area contributed by atoms with Crippen molar-refractivity contribution in [1.82, 2.24) is 19.8 Å². The van der Waals surface area contributed by atoms with E-state index in [0.717, 1.165) is 5.82 Å². The van der Waals surface area contributed by atoms with Gasteiger partial charge < -0.3 is 19.9 Å². The third-order valence-corrected chi connectivity index (χ3v) is 3.21. The van der Waals surface area contributed by atoms with Crippen molar-refractivity contribution >= 4 is 12.0 Å². The number of hydrogen-bond acceptors (Lipinski definition) is 3. The summed E-state index contributed by atoms with van der Waals surface area (Å²) in [6.45, 7) is 3.55. The van der Waals surface area contributed by atoms with E-state index in [-0.39, 0.29) is 6.03 Å². The molecule has 0 aliphatic carbocycles. The first-order valence-electron chi connectivity index (χ1n) is 6.40. The van der Waals surface area contributed by atoms with Gasteiger partial charge in [0.15, 0.2) is 0 Å². The van der Waals surface area contributed by atoms with Crippen molar-refractivity contribution < 1.29 is 14.7 Å². The first kappa shape index (κ1) is 13.4. The van der Waals surface area contributed by atoms with Gasteiger partial charge in [0.2, 0.25) is 0 Å². The highest BCUT2D eigenvalue weighted by Crippen LogP contribution is 2.10. The zero-order chi connectivity index (χ0) is 13.8. The number of nitrogens with one attached hydrogen (secondary N) is 1. The second-order valence-electron chi connectivity index (χ2n) is 4.59. The Morgan fingerprint density at radius 1 is 1.53 bits per heavy atom. The van der Waals surface area contributed by atoms with Crippen molar-refractivity contribution in [3.05, 3.63) is 18.2 Å². The van der Waals surface area contributed by atoms with Gasteiger partial charge in [-0.2, -0.15) is 0 Å². The van der Waals surface area contributed by atoms with Crippen molar-refractivity contribution in [2.24, 2.45) is 0 Å². The molecule has 104 valence electrons. The first-order chi connectivity index (χ1) is 9.11. The summed E-state index contributed by atoms with van der Waals surface area (Å²) in [5, 5.41) is 11.6. The second-order valence-corrected chi connectivity index (χ2v) is 4.59. The monoisotopic (exact) mass is 266 g/mol. The number of amides is 2. The van der Waals surface area contributed by atoms with Gasteiger partial charge in [0.05, 0.1) is 6.54 Å². The quantitative estimate of drug-likeness (QED) is 0.838. The van der Waals surface area contributed by atoms with Crippen molar-refractivity contribution in [3.8, 4) is 0 Å². The van der Waals surface area contributed by atoms with Crippen molar-refractivity contribution in [3.63, 3.8) is 0 Å². The lowest BCUT2D eigenvalue weighted by Gasteiger charge is -2.29. The third-order valence-electron chi connectivity index (χ3n) is 3.21. The molecule has 0 unspecified atom stereocenters. The molecular weight excluding hydrogens is 248 g/mol. The number of carboxylic acid groups (broad SMARTS) is 1. The molecule has 0 bridgehead atoms. The smallest absolute Gasteiger partial charge is 0.326 e. The van der Waals surface area contributed by atoms with Gasteiger partial charge in [-0.05, 0) is 6.42 Å². The summed E-state index contributed by atoms with van der Waals surface area (Å²) in [4.78, 5) is 28.8. The van der Waals surface area contributed by atoms with Crippen LogP contribution in [0.25, 0.3) is 0 Å². The molecule has 1 aliphatic heterocycles. The molecule has 19 heavy (non-hydrogen) atoms. The molecule has 2 amide bonds. The minimum Gasteiger partial charge on any atom is -0.480 e. The predicted octanol–water partition coefficient (Wildman–Crippen LogP) is 0.662. The summed E-state index contributed by atoms with van der Waals surface area (Å²) in [6, 6.07) is -1.16. The maximum Gasteiger partial charge on any atom is 0.326 e. The van der Waals surface area contributed by atoms with Crippen molar-refractivity contribution in [2.45, 2.75) is 38.9 Å². The number of carboxylic acids is 1. The van der Waals surface area contributed by atoms with E-state index in [1.165, 1.54) is 0 Å². The number of carbonyl (C=O) groups excluding carboxylic acids is 1. The Bertz CT molecular complexity index is 471. The number of nitrogens with zero attached hydrogens (tertiary/aromatic N) is 3. The van der Waals surface area contributed by atoms with E-state index in [2.05, 4.69) is 10.3 Å². The van der Waals surface area contributed by atoms with Gasteiger partial charge in [-0.25, -0.2) is 14.6 Å². The summed E-state index contributed by atoms with van der Waals surface area (Å²) >= 11 is 0. The van der Waals surface area contributed by atoms with Gasteiger partial charge in [0.25, 0.3) is 0 Å². The molecule has 2 N–H and O–H groups in total. The van der Waals surface area contributed by atoms with Crippen LogP contribution in [0.4, 0.5) is 4.79 Å². The molecule has 0 aromatic carbocycles. The average molecular weight is 266 g/mol. The summed E-state index contributed by atoms with van der Waals surface area (Å²) < 4.78 is 1.99. The summed E-state index contributed by atoms with van der Waals surface area (Å²) in [5.74, 6) is -0.169. The number of fused-ring (bicyclic) bond motifs is 1. The van der Waals surface area contributed by atoms with E-state index in [9.17, 15) is 9.59 Å². The number of hydrogen-bond donors (Lipinski definition) is 2. The number of imidazole rings is 1. The van der Waals surface area contributed by atoms with Crippen LogP contribution >= 0.6 is 0 Å². The first-order valence-corrected chi connectivity index (χ1v) is 6.40. The standard InChI is InChI=1S/C12H18N4O3/c1-2-3-9(11(17)18)14-12(19)16-7-6-15-5-4-13-10(15)8-16/h4-5,9H,2-3,6-8H2,1H3,(H,14,19)(H,17,18)/t9-/m1/s1. The van der Waals surface area contributed by atoms with Gasteiger partial charge in [-0.1, -0.05) is 13.3 Å². The van der Waals surface area contributed by atoms with Gasteiger partial charge in [-0.15, -0.1) is 0 Å². The molecule has 0 saturated carbocycles. The Balaban J connectivity index is 1.95. The molecule has 1 aliphatic rings. The minimum absolute atomic E-state index is 0.338. The Morgan fingerprint density at radius 2 is 2.32 bits per heavy atom. The lowest BCUT2D eigenvalue weighted by molar-refractivity contribution is -0.139. The SMILES string of the molecule is CCC[C@@H](NC(=O)N1CCn2ccnc2C1)C(=O)O. The number of rotatable bonds is 4. The fourth-order valence-electron chi connectivity index (χ4n) is 2.13. The molecule has 0 spiro atoms. The molecule has 0 saturated heterocycles. The maximum atomic E-state index is 12.0. The summed E-state index contributed by atoms with van der Waals surface area (Å²) in [5.41, 5.74) is 0. The number of aliphatic carboxylic acids is 1.